The Labute approximate surface area is 108 Å². The molecule has 0 radical (unpaired) electrons. The Hall–Kier alpha value is -1.12. The third kappa shape index (κ3) is 2.65. The van der Waals surface area contributed by atoms with Crippen molar-refractivity contribution in [3.05, 3.63) is 29.3 Å². The number of benzene rings is 1. The molecule has 1 aliphatic rings. The van der Waals surface area contributed by atoms with Gasteiger partial charge in [0.25, 0.3) is 0 Å². The Kier molecular flexibility index (Phi) is 3.88. The zero-order chi connectivity index (χ0) is 13.3. The molecule has 3 heteroatoms. The van der Waals surface area contributed by atoms with E-state index in [1.54, 1.807) is 6.92 Å². The van der Waals surface area contributed by atoms with Crippen molar-refractivity contribution >= 4 is 5.69 Å². The molecule has 1 aromatic carbocycles. The predicted octanol–water partition coefficient (Wildman–Crippen LogP) is 4.51. The summed E-state index contributed by atoms with van der Waals surface area (Å²) >= 11 is 0. The average molecular weight is 253 g/mol. The monoisotopic (exact) mass is 253 g/mol. The SMILES string of the molecule is Cc1cc(F)c(NC2CCCC(C)C2C)cc1F. The van der Waals surface area contributed by atoms with Crippen LogP contribution in [0.4, 0.5) is 14.5 Å². The van der Waals surface area contributed by atoms with Gasteiger partial charge in [-0.05, 0) is 36.8 Å². The van der Waals surface area contributed by atoms with Crippen molar-refractivity contribution < 1.29 is 8.78 Å². The van der Waals surface area contributed by atoms with Crippen molar-refractivity contribution in [2.75, 3.05) is 5.32 Å². The third-order valence-electron chi connectivity index (χ3n) is 4.30. The Morgan fingerprint density at radius 2 is 1.83 bits per heavy atom. The molecule has 0 saturated heterocycles. The fourth-order valence-corrected chi connectivity index (χ4v) is 2.74. The van der Waals surface area contributed by atoms with Gasteiger partial charge in [0.1, 0.15) is 11.6 Å². The third-order valence-corrected chi connectivity index (χ3v) is 4.30. The standard InChI is InChI=1S/C15H21F2N/c1-9-5-4-6-14(11(9)3)18-15-8-12(16)10(2)7-13(15)17/h7-9,11,14,18H,4-6H2,1-3H3. The fraction of sp³-hybridized carbons (Fsp3) is 0.600. The van der Waals surface area contributed by atoms with E-state index in [1.165, 1.54) is 18.6 Å². The van der Waals surface area contributed by atoms with Gasteiger partial charge in [-0.2, -0.15) is 0 Å². The highest BCUT2D eigenvalue weighted by Gasteiger charge is 2.27. The van der Waals surface area contributed by atoms with E-state index >= 15 is 0 Å². The largest absolute Gasteiger partial charge is 0.380 e. The molecule has 3 unspecified atom stereocenters. The second kappa shape index (κ2) is 5.25. The van der Waals surface area contributed by atoms with Crippen molar-refractivity contribution in [3.63, 3.8) is 0 Å². The molecular weight excluding hydrogens is 232 g/mol. The maximum absolute atomic E-state index is 13.8. The Bertz CT molecular complexity index is 431. The molecule has 0 spiro atoms. The Balaban J connectivity index is 2.16. The van der Waals surface area contributed by atoms with E-state index in [4.69, 9.17) is 0 Å². The van der Waals surface area contributed by atoms with Crippen molar-refractivity contribution in [1.29, 1.82) is 0 Å². The minimum Gasteiger partial charge on any atom is -0.380 e. The zero-order valence-corrected chi connectivity index (χ0v) is 11.3. The lowest BCUT2D eigenvalue weighted by atomic mass is 9.78. The zero-order valence-electron chi connectivity index (χ0n) is 11.3. The van der Waals surface area contributed by atoms with E-state index in [0.29, 0.717) is 23.1 Å². The summed E-state index contributed by atoms with van der Waals surface area (Å²) in [6.45, 7) is 5.99. The highest BCUT2D eigenvalue weighted by molar-refractivity contribution is 5.47. The van der Waals surface area contributed by atoms with Gasteiger partial charge in [-0.25, -0.2) is 8.78 Å². The lowest BCUT2D eigenvalue weighted by Gasteiger charge is -2.35. The van der Waals surface area contributed by atoms with Gasteiger partial charge in [0.2, 0.25) is 0 Å². The van der Waals surface area contributed by atoms with Gasteiger partial charge in [-0.15, -0.1) is 0 Å². The van der Waals surface area contributed by atoms with Crippen molar-refractivity contribution in [1.82, 2.24) is 0 Å². The van der Waals surface area contributed by atoms with Crippen LogP contribution in [0.15, 0.2) is 12.1 Å². The first-order chi connectivity index (χ1) is 8.49. The summed E-state index contributed by atoms with van der Waals surface area (Å²) in [5.74, 6) is 0.409. The van der Waals surface area contributed by atoms with Crippen LogP contribution >= 0.6 is 0 Å². The first kappa shape index (κ1) is 13.3. The molecule has 1 fully saturated rings. The van der Waals surface area contributed by atoms with Crippen molar-refractivity contribution in [3.8, 4) is 0 Å². The molecule has 1 aromatic rings. The van der Waals surface area contributed by atoms with E-state index < -0.39 is 0 Å². The molecule has 0 amide bonds. The van der Waals surface area contributed by atoms with Crippen LogP contribution in [0.1, 0.15) is 38.7 Å². The molecule has 100 valence electrons. The fourth-order valence-electron chi connectivity index (χ4n) is 2.74. The summed E-state index contributed by atoms with van der Waals surface area (Å²) in [6, 6.07) is 2.77. The number of halogens is 2. The van der Waals surface area contributed by atoms with E-state index in [1.807, 2.05) is 0 Å². The molecule has 3 atom stereocenters. The van der Waals surface area contributed by atoms with Crippen molar-refractivity contribution in [2.24, 2.45) is 11.8 Å². The topological polar surface area (TPSA) is 12.0 Å². The number of aryl methyl sites for hydroxylation is 1. The van der Waals surface area contributed by atoms with Crippen LogP contribution in [0.3, 0.4) is 0 Å². The van der Waals surface area contributed by atoms with Gasteiger partial charge in [-0.1, -0.05) is 26.7 Å². The molecule has 0 heterocycles. The molecule has 1 saturated carbocycles. The van der Waals surface area contributed by atoms with Gasteiger partial charge < -0.3 is 5.32 Å². The lowest BCUT2D eigenvalue weighted by Crippen LogP contribution is -2.35. The summed E-state index contributed by atoms with van der Waals surface area (Å²) in [5.41, 5.74) is 0.646. The van der Waals surface area contributed by atoms with Crippen LogP contribution in [0.5, 0.6) is 0 Å². The molecular formula is C15H21F2N. The number of hydrogen-bond acceptors (Lipinski definition) is 1. The highest BCUT2D eigenvalue weighted by Crippen LogP contribution is 2.32. The number of hydrogen-bond donors (Lipinski definition) is 1. The number of rotatable bonds is 2. The minimum atomic E-state index is -0.362. The van der Waals surface area contributed by atoms with E-state index in [0.717, 1.165) is 12.8 Å². The average Bonchev–Trinajstić information content (AvgIpc) is 2.32. The molecule has 0 aromatic heterocycles. The predicted molar refractivity (Wildman–Crippen MR) is 70.7 cm³/mol. The number of nitrogens with one attached hydrogen (secondary N) is 1. The van der Waals surface area contributed by atoms with E-state index in [2.05, 4.69) is 19.2 Å². The van der Waals surface area contributed by atoms with Crippen LogP contribution in [0.25, 0.3) is 0 Å². The van der Waals surface area contributed by atoms with Gasteiger partial charge in [-0.3, -0.25) is 0 Å². The quantitative estimate of drug-likeness (QED) is 0.817. The van der Waals surface area contributed by atoms with Crippen LogP contribution in [0, 0.1) is 30.4 Å². The summed E-state index contributed by atoms with van der Waals surface area (Å²) < 4.78 is 27.3. The summed E-state index contributed by atoms with van der Waals surface area (Å²) in [6.07, 6.45) is 3.41. The van der Waals surface area contributed by atoms with E-state index in [-0.39, 0.29) is 17.7 Å². The first-order valence-corrected chi connectivity index (χ1v) is 6.71. The normalized spacial score (nSPS) is 28.2. The second-order valence-electron chi connectivity index (χ2n) is 5.60. The maximum atomic E-state index is 13.8. The highest BCUT2D eigenvalue weighted by atomic mass is 19.1. The number of anilines is 1. The maximum Gasteiger partial charge on any atom is 0.146 e. The van der Waals surface area contributed by atoms with Crippen LogP contribution in [0.2, 0.25) is 0 Å². The summed E-state index contributed by atoms with van der Waals surface area (Å²) in [5, 5.41) is 3.18. The molecule has 18 heavy (non-hydrogen) atoms. The first-order valence-electron chi connectivity index (χ1n) is 6.71. The Morgan fingerprint density at radius 3 is 2.56 bits per heavy atom. The lowest BCUT2D eigenvalue weighted by molar-refractivity contribution is 0.252. The van der Waals surface area contributed by atoms with Crippen LogP contribution in [-0.2, 0) is 0 Å². The summed E-state index contributed by atoms with van der Waals surface area (Å²) in [4.78, 5) is 0. The van der Waals surface area contributed by atoms with Crippen LogP contribution in [-0.4, -0.2) is 6.04 Å². The molecule has 1 N–H and O–H groups in total. The van der Waals surface area contributed by atoms with Crippen molar-refractivity contribution in [2.45, 2.75) is 46.1 Å². The van der Waals surface area contributed by atoms with Gasteiger partial charge in [0, 0.05) is 12.1 Å². The summed E-state index contributed by atoms with van der Waals surface area (Å²) in [7, 11) is 0. The van der Waals surface area contributed by atoms with E-state index in [9.17, 15) is 8.78 Å². The Morgan fingerprint density at radius 1 is 1.11 bits per heavy atom. The smallest absolute Gasteiger partial charge is 0.146 e. The van der Waals surface area contributed by atoms with Crippen LogP contribution < -0.4 is 5.32 Å². The minimum absolute atomic E-state index is 0.241. The van der Waals surface area contributed by atoms with Gasteiger partial charge >= 0.3 is 0 Å². The van der Waals surface area contributed by atoms with Gasteiger partial charge in [0.15, 0.2) is 0 Å². The molecule has 0 bridgehead atoms. The molecule has 2 rings (SSSR count). The molecule has 1 nitrogen and oxygen atoms in total. The molecule has 1 aliphatic carbocycles. The van der Waals surface area contributed by atoms with Gasteiger partial charge in [0.05, 0.1) is 5.69 Å². The molecule has 0 aliphatic heterocycles. The second-order valence-corrected chi connectivity index (χ2v) is 5.60.